The molecule has 0 aliphatic rings. The number of carbonyl (C=O) groups is 1. The molecule has 1 amide bonds. The van der Waals surface area contributed by atoms with Crippen molar-refractivity contribution in [3.8, 4) is 17.2 Å². The molecule has 1 aromatic carbocycles. The Morgan fingerprint density at radius 2 is 2.20 bits per heavy atom. The van der Waals surface area contributed by atoms with E-state index in [0.717, 1.165) is 16.9 Å². The Morgan fingerprint density at radius 3 is 2.96 bits per heavy atom. The second kappa shape index (κ2) is 7.94. The maximum atomic E-state index is 12.3. The van der Waals surface area contributed by atoms with Gasteiger partial charge in [0.25, 0.3) is 0 Å². The average Bonchev–Trinajstić information content (AvgIpc) is 3.31. The fraction of sp³-hybridized carbons (Fsp3) is 0.278. The number of carbonyl (C=O) groups excluding carboxylic acids is 1. The number of aryl methyl sites for hydroxylation is 1. The zero-order chi connectivity index (χ0) is 17.6. The fourth-order valence-electron chi connectivity index (χ4n) is 2.40. The van der Waals surface area contributed by atoms with Crippen LogP contribution in [0.1, 0.15) is 17.9 Å². The molecule has 0 atom stereocenters. The fourth-order valence-corrected chi connectivity index (χ4v) is 3.02. The van der Waals surface area contributed by atoms with Crippen molar-refractivity contribution in [2.24, 2.45) is 0 Å². The molecular formula is C18H19N3O3S. The van der Waals surface area contributed by atoms with Gasteiger partial charge in [0, 0.05) is 37.4 Å². The summed E-state index contributed by atoms with van der Waals surface area (Å²) in [4.78, 5) is 14.0. The van der Waals surface area contributed by atoms with E-state index in [-0.39, 0.29) is 5.91 Å². The van der Waals surface area contributed by atoms with Crippen LogP contribution < -0.4 is 4.74 Å². The van der Waals surface area contributed by atoms with Crippen LogP contribution in [-0.2, 0) is 17.8 Å². The number of ether oxygens (including phenoxy) is 1. The molecule has 3 aromatic rings. The molecule has 2 heterocycles. The first-order valence-electron chi connectivity index (χ1n) is 7.87. The van der Waals surface area contributed by atoms with E-state index in [4.69, 9.17) is 9.15 Å². The Bertz CT molecular complexity index is 830. The lowest BCUT2D eigenvalue weighted by atomic mass is 10.2. The zero-order valence-corrected chi connectivity index (χ0v) is 15.0. The predicted molar refractivity (Wildman–Crippen MR) is 95.4 cm³/mol. The summed E-state index contributed by atoms with van der Waals surface area (Å²) >= 11 is 1.57. The molecule has 0 saturated carbocycles. The van der Waals surface area contributed by atoms with Gasteiger partial charge >= 0.3 is 0 Å². The van der Waals surface area contributed by atoms with E-state index < -0.39 is 0 Å². The highest BCUT2D eigenvalue weighted by molar-refractivity contribution is 7.08. The smallest absolute Gasteiger partial charge is 0.248 e. The molecule has 7 heteroatoms. The van der Waals surface area contributed by atoms with Crippen molar-refractivity contribution in [2.45, 2.75) is 19.4 Å². The van der Waals surface area contributed by atoms with Crippen molar-refractivity contribution < 1.29 is 13.9 Å². The lowest BCUT2D eigenvalue weighted by Gasteiger charge is -2.17. The van der Waals surface area contributed by atoms with E-state index in [0.29, 0.717) is 31.2 Å². The summed E-state index contributed by atoms with van der Waals surface area (Å²) in [6.45, 7) is 0.528. The van der Waals surface area contributed by atoms with E-state index >= 15 is 0 Å². The van der Waals surface area contributed by atoms with Crippen LogP contribution in [0.25, 0.3) is 11.5 Å². The molecule has 0 aliphatic carbocycles. The monoisotopic (exact) mass is 357 g/mol. The molecule has 6 nitrogen and oxygen atoms in total. The summed E-state index contributed by atoms with van der Waals surface area (Å²) in [5.74, 6) is 1.78. The first-order valence-corrected chi connectivity index (χ1v) is 8.82. The second-order valence-electron chi connectivity index (χ2n) is 5.61. The topological polar surface area (TPSA) is 68.5 Å². The molecule has 3 rings (SSSR count). The Labute approximate surface area is 150 Å². The number of amides is 1. The van der Waals surface area contributed by atoms with Crippen LogP contribution >= 0.6 is 11.3 Å². The van der Waals surface area contributed by atoms with Crippen molar-refractivity contribution >= 4 is 17.2 Å². The van der Waals surface area contributed by atoms with Crippen molar-refractivity contribution in [1.29, 1.82) is 0 Å². The maximum Gasteiger partial charge on any atom is 0.248 e. The van der Waals surface area contributed by atoms with Crippen molar-refractivity contribution in [3.05, 3.63) is 52.5 Å². The largest absolute Gasteiger partial charge is 0.497 e. The van der Waals surface area contributed by atoms with Gasteiger partial charge < -0.3 is 14.1 Å². The number of hydrogen-bond donors (Lipinski definition) is 0. The standard InChI is InChI=1S/C18H19N3O3S/c1-21(11-13-4-3-5-15(10-13)23-2)17(22)7-6-16-19-20-18(24-16)14-8-9-25-12-14/h3-5,8-10,12H,6-7,11H2,1-2H3. The molecule has 2 aromatic heterocycles. The summed E-state index contributed by atoms with van der Waals surface area (Å²) in [6.07, 6.45) is 0.754. The van der Waals surface area contributed by atoms with Crippen LogP contribution in [0.5, 0.6) is 5.75 Å². The first-order chi connectivity index (χ1) is 12.2. The average molecular weight is 357 g/mol. The summed E-state index contributed by atoms with van der Waals surface area (Å²) < 4.78 is 10.8. The number of rotatable bonds is 7. The van der Waals surface area contributed by atoms with E-state index in [2.05, 4.69) is 10.2 Å². The van der Waals surface area contributed by atoms with Gasteiger partial charge in [-0.3, -0.25) is 4.79 Å². The van der Waals surface area contributed by atoms with Gasteiger partial charge in [0.1, 0.15) is 5.75 Å². The highest BCUT2D eigenvalue weighted by atomic mass is 32.1. The quantitative estimate of drug-likeness (QED) is 0.648. The third-order valence-corrected chi connectivity index (χ3v) is 4.45. The van der Waals surface area contributed by atoms with Gasteiger partial charge in [0.15, 0.2) is 0 Å². The Hall–Kier alpha value is -2.67. The number of thiophene rings is 1. The molecule has 0 unspecified atom stereocenters. The van der Waals surface area contributed by atoms with E-state index in [1.54, 1.807) is 30.4 Å². The zero-order valence-electron chi connectivity index (χ0n) is 14.1. The third kappa shape index (κ3) is 4.45. The van der Waals surface area contributed by atoms with Crippen molar-refractivity contribution in [3.63, 3.8) is 0 Å². The van der Waals surface area contributed by atoms with Gasteiger partial charge in [0.2, 0.25) is 17.7 Å². The minimum atomic E-state index is 0.0260. The SMILES string of the molecule is COc1cccc(CN(C)C(=O)CCc2nnc(-c3ccsc3)o2)c1. The van der Waals surface area contributed by atoms with Gasteiger partial charge in [0.05, 0.1) is 7.11 Å². The molecule has 0 saturated heterocycles. The number of methoxy groups -OCH3 is 1. The Morgan fingerprint density at radius 1 is 1.32 bits per heavy atom. The summed E-state index contributed by atoms with van der Waals surface area (Å²) in [7, 11) is 3.41. The summed E-state index contributed by atoms with van der Waals surface area (Å²) in [5, 5.41) is 11.9. The highest BCUT2D eigenvalue weighted by Crippen LogP contribution is 2.21. The lowest BCUT2D eigenvalue weighted by molar-refractivity contribution is -0.130. The number of aromatic nitrogens is 2. The van der Waals surface area contributed by atoms with Crippen LogP contribution in [0.15, 0.2) is 45.5 Å². The predicted octanol–water partition coefficient (Wildman–Crippen LogP) is 3.40. The first kappa shape index (κ1) is 17.2. The van der Waals surface area contributed by atoms with Gasteiger partial charge in [-0.05, 0) is 29.1 Å². The Kier molecular flexibility index (Phi) is 5.45. The van der Waals surface area contributed by atoms with Crippen molar-refractivity contribution in [1.82, 2.24) is 15.1 Å². The van der Waals surface area contributed by atoms with Gasteiger partial charge in [-0.25, -0.2) is 0 Å². The van der Waals surface area contributed by atoms with Crippen LogP contribution in [0.3, 0.4) is 0 Å². The molecule has 130 valence electrons. The second-order valence-corrected chi connectivity index (χ2v) is 6.39. The number of nitrogens with zero attached hydrogens (tertiary/aromatic N) is 3. The van der Waals surface area contributed by atoms with Crippen LogP contribution in [0.2, 0.25) is 0 Å². The van der Waals surface area contributed by atoms with E-state index in [1.165, 1.54) is 0 Å². The molecule has 0 aliphatic heterocycles. The summed E-state index contributed by atoms with van der Waals surface area (Å²) in [6, 6.07) is 9.62. The molecule has 0 bridgehead atoms. The van der Waals surface area contributed by atoms with Crippen molar-refractivity contribution in [2.75, 3.05) is 14.2 Å². The maximum absolute atomic E-state index is 12.3. The molecule has 0 spiro atoms. The van der Waals surface area contributed by atoms with Gasteiger partial charge in [-0.1, -0.05) is 12.1 Å². The van der Waals surface area contributed by atoms with Crippen LogP contribution in [0.4, 0.5) is 0 Å². The van der Waals surface area contributed by atoms with Crippen LogP contribution in [-0.4, -0.2) is 35.2 Å². The number of benzene rings is 1. The highest BCUT2D eigenvalue weighted by Gasteiger charge is 2.14. The van der Waals surface area contributed by atoms with Crippen LogP contribution in [0, 0.1) is 0 Å². The molecular weight excluding hydrogens is 338 g/mol. The molecule has 25 heavy (non-hydrogen) atoms. The summed E-state index contributed by atoms with van der Waals surface area (Å²) in [5.41, 5.74) is 1.93. The van der Waals surface area contributed by atoms with Gasteiger partial charge in [-0.2, -0.15) is 11.3 Å². The molecule has 0 N–H and O–H groups in total. The number of hydrogen-bond acceptors (Lipinski definition) is 6. The van der Waals surface area contributed by atoms with E-state index in [1.807, 2.05) is 41.1 Å². The minimum absolute atomic E-state index is 0.0260. The molecule has 0 fully saturated rings. The Balaban J connectivity index is 1.53. The normalized spacial score (nSPS) is 10.6. The van der Waals surface area contributed by atoms with E-state index in [9.17, 15) is 4.79 Å². The lowest BCUT2D eigenvalue weighted by Crippen LogP contribution is -2.26. The molecule has 0 radical (unpaired) electrons. The minimum Gasteiger partial charge on any atom is -0.497 e. The third-order valence-electron chi connectivity index (χ3n) is 3.77. The van der Waals surface area contributed by atoms with Gasteiger partial charge in [-0.15, -0.1) is 10.2 Å².